The first-order valence-electron chi connectivity index (χ1n) is 8.48. The minimum atomic E-state index is 0.643. The molecule has 3 heterocycles. The molecule has 0 radical (unpaired) electrons. The van der Waals surface area contributed by atoms with Gasteiger partial charge in [0.1, 0.15) is 17.3 Å². The Morgan fingerprint density at radius 2 is 2.12 bits per heavy atom. The van der Waals surface area contributed by atoms with Gasteiger partial charge in [0.05, 0.1) is 12.8 Å². The molecule has 0 unspecified atom stereocenters. The average Bonchev–Trinajstić information content (AvgIpc) is 2.82. The highest BCUT2D eigenvalue weighted by atomic mass is 79.9. The lowest BCUT2D eigenvalue weighted by atomic mass is 10.1. The van der Waals surface area contributed by atoms with Crippen LogP contribution in [-0.4, -0.2) is 28.4 Å². The number of nitrogens with zero attached hydrogens (tertiary/aromatic N) is 3. The Balaban J connectivity index is 1.95. The van der Waals surface area contributed by atoms with Crippen LogP contribution in [0.15, 0.2) is 41.1 Å². The lowest BCUT2D eigenvalue weighted by Gasteiger charge is -2.13. The van der Waals surface area contributed by atoms with Crippen LogP contribution in [0.25, 0.3) is 16.9 Å². The molecule has 5 nitrogen and oxygen atoms in total. The van der Waals surface area contributed by atoms with Gasteiger partial charge in [-0.1, -0.05) is 11.6 Å². The molecule has 1 aromatic carbocycles. The number of benzene rings is 1. The molecule has 0 saturated carbocycles. The van der Waals surface area contributed by atoms with Gasteiger partial charge in [-0.3, -0.25) is 4.98 Å². The summed E-state index contributed by atoms with van der Waals surface area (Å²) in [6.07, 6.45) is 6.83. The van der Waals surface area contributed by atoms with Gasteiger partial charge in [0.25, 0.3) is 0 Å². The zero-order chi connectivity index (χ0) is 18.1. The Hall–Kier alpha value is -2.05. The summed E-state index contributed by atoms with van der Waals surface area (Å²) in [5, 5.41) is 9.10. The van der Waals surface area contributed by atoms with Crippen molar-refractivity contribution in [3.63, 3.8) is 0 Å². The van der Waals surface area contributed by atoms with Crippen molar-refractivity contribution in [1.82, 2.24) is 14.8 Å². The molecule has 0 spiro atoms. The fraction of sp³-hybridized carbons (Fsp3) is 0.263. The highest BCUT2D eigenvalue weighted by Gasteiger charge is 2.23. The number of hydrogen-bond donors (Lipinski definition) is 1. The first kappa shape index (κ1) is 17.4. The Morgan fingerprint density at radius 1 is 1.23 bits per heavy atom. The van der Waals surface area contributed by atoms with E-state index in [4.69, 9.17) is 21.4 Å². The van der Waals surface area contributed by atoms with E-state index in [0.29, 0.717) is 5.02 Å². The maximum absolute atomic E-state index is 6.25. The molecular weight excluding hydrogens is 416 g/mol. The quantitative estimate of drug-likeness (QED) is 0.624. The van der Waals surface area contributed by atoms with Crippen molar-refractivity contribution in [2.45, 2.75) is 19.3 Å². The summed E-state index contributed by atoms with van der Waals surface area (Å²) in [5.74, 6) is 1.72. The molecule has 26 heavy (non-hydrogen) atoms. The summed E-state index contributed by atoms with van der Waals surface area (Å²) in [6, 6.07) is 7.60. The molecule has 1 aliphatic heterocycles. The zero-order valence-electron chi connectivity index (χ0n) is 14.3. The predicted molar refractivity (Wildman–Crippen MR) is 107 cm³/mol. The van der Waals surface area contributed by atoms with Gasteiger partial charge in [0, 0.05) is 39.6 Å². The minimum Gasteiger partial charge on any atom is -0.494 e. The van der Waals surface area contributed by atoms with Crippen LogP contribution in [0.4, 0.5) is 5.82 Å². The van der Waals surface area contributed by atoms with Gasteiger partial charge in [0.15, 0.2) is 0 Å². The van der Waals surface area contributed by atoms with Crippen LogP contribution in [-0.2, 0) is 6.42 Å². The van der Waals surface area contributed by atoms with Crippen molar-refractivity contribution >= 4 is 33.3 Å². The van der Waals surface area contributed by atoms with Crippen molar-refractivity contribution in [3.05, 3.63) is 51.7 Å². The molecule has 1 N–H and O–H groups in total. The highest BCUT2D eigenvalue weighted by Crippen LogP contribution is 2.37. The maximum atomic E-state index is 6.25. The summed E-state index contributed by atoms with van der Waals surface area (Å²) in [4.78, 5) is 4.30. The van der Waals surface area contributed by atoms with Crippen LogP contribution in [0.5, 0.6) is 5.75 Å². The van der Waals surface area contributed by atoms with Crippen LogP contribution in [0.3, 0.4) is 0 Å². The monoisotopic (exact) mass is 432 g/mol. The summed E-state index contributed by atoms with van der Waals surface area (Å²) in [6.45, 7) is 0.914. The van der Waals surface area contributed by atoms with Crippen LogP contribution in [0, 0.1) is 0 Å². The fourth-order valence-corrected chi connectivity index (χ4v) is 3.81. The summed E-state index contributed by atoms with van der Waals surface area (Å²) >= 11 is 9.76. The normalized spacial score (nSPS) is 13.7. The molecule has 0 fully saturated rings. The standard InChI is InChI=1S/C19H18BrClN4O/c1-26-17-6-5-14(21)9-16(17)25-19-15(4-2-3-7-23-19)18(24-25)12-8-13(20)11-22-10-12/h5-6,8-11,23H,2-4,7H2,1H3. The van der Waals surface area contributed by atoms with Crippen LogP contribution in [0.2, 0.25) is 5.02 Å². The molecular formula is C19H18BrClN4O. The Bertz CT molecular complexity index is 957. The molecule has 0 amide bonds. The molecule has 7 heteroatoms. The van der Waals surface area contributed by atoms with E-state index < -0.39 is 0 Å². The number of anilines is 1. The molecule has 1 aliphatic rings. The van der Waals surface area contributed by atoms with Crippen LogP contribution in [0.1, 0.15) is 18.4 Å². The van der Waals surface area contributed by atoms with Crippen molar-refractivity contribution in [3.8, 4) is 22.7 Å². The summed E-state index contributed by atoms with van der Waals surface area (Å²) in [7, 11) is 1.65. The number of halogens is 2. The van der Waals surface area contributed by atoms with Gasteiger partial charge in [-0.25, -0.2) is 4.68 Å². The van der Waals surface area contributed by atoms with Gasteiger partial charge in [-0.2, -0.15) is 5.10 Å². The number of aromatic nitrogens is 3. The molecule has 0 saturated heterocycles. The molecule has 2 aromatic heterocycles. The Morgan fingerprint density at radius 3 is 2.92 bits per heavy atom. The third-order valence-electron chi connectivity index (χ3n) is 4.48. The van der Waals surface area contributed by atoms with Crippen molar-refractivity contribution in [2.75, 3.05) is 19.0 Å². The molecule has 0 aliphatic carbocycles. The largest absolute Gasteiger partial charge is 0.494 e. The van der Waals surface area contributed by atoms with E-state index >= 15 is 0 Å². The second kappa shape index (κ2) is 7.29. The van der Waals surface area contributed by atoms with Crippen molar-refractivity contribution < 1.29 is 4.74 Å². The van der Waals surface area contributed by atoms with E-state index in [1.54, 1.807) is 13.3 Å². The topological polar surface area (TPSA) is 52.0 Å². The zero-order valence-corrected chi connectivity index (χ0v) is 16.6. The van der Waals surface area contributed by atoms with E-state index in [1.165, 1.54) is 5.56 Å². The molecule has 134 valence electrons. The van der Waals surface area contributed by atoms with Crippen LogP contribution >= 0.6 is 27.5 Å². The van der Waals surface area contributed by atoms with Gasteiger partial charge < -0.3 is 10.1 Å². The van der Waals surface area contributed by atoms with E-state index in [9.17, 15) is 0 Å². The molecule has 4 rings (SSSR count). The Kier molecular flexibility index (Phi) is 4.87. The summed E-state index contributed by atoms with van der Waals surface area (Å²) < 4.78 is 8.38. The number of ether oxygens (including phenoxy) is 1. The lowest BCUT2D eigenvalue weighted by molar-refractivity contribution is 0.412. The number of rotatable bonds is 3. The van der Waals surface area contributed by atoms with Crippen molar-refractivity contribution in [2.24, 2.45) is 0 Å². The van der Waals surface area contributed by atoms with E-state index in [-0.39, 0.29) is 0 Å². The molecule has 0 bridgehead atoms. The molecule has 0 atom stereocenters. The second-order valence-corrected chi connectivity index (χ2v) is 7.53. The maximum Gasteiger partial charge on any atom is 0.144 e. The number of pyridine rings is 1. The Labute approximate surface area is 165 Å². The van der Waals surface area contributed by atoms with Crippen molar-refractivity contribution in [1.29, 1.82) is 0 Å². The lowest BCUT2D eigenvalue weighted by Crippen LogP contribution is -2.08. The SMILES string of the molecule is COc1ccc(Cl)cc1-n1nc(-c2cncc(Br)c2)c2c1NCCCC2. The first-order chi connectivity index (χ1) is 12.7. The minimum absolute atomic E-state index is 0.643. The van der Waals surface area contributed by atoms with Crippen LogP contribution < -0.4 is 10.1 Å². The van der Waals surface area contributed by atoms with Gasteiger partial charge >= 0.3 is 0 Å². The summed E-state index contributed by atoms with van der Waals surface area (Å²) in [5.41, 5.74) is 3.94. The van der Waals surface area contributed by atoms with Gasteiger partial charge in [-0.05, 0) is 59.5 Å². The number of hydrogen-bond acceptors (Lipinski definition) is 4. The second-order valence-electron chi connectivity index (χ2n) is 6.18. The third kappa shape index (κ3) is 3.19. The first-order valence-corrected chi connectivity index (χ1v) is 9.65. The predicted octanol–water partition coefficient (Wildman–Crippen LogP) is 5.11. The van der Waals surface area contributed by atoms with Gasteiger partial charge in [-0.15, -0.1) is 0 Å². The van der Waals surface area contributed by atoms with E-state index in [1.807, 2.05) is 35.1 Å². The number of nitrogens with one attached hydrogen (secondary N) is 1. The highest BCUT2D eigenvalue weighted by molar-refractivity contribution is 9.10. The smallest absolute Gasteiger partial charge is 0.144 e. The van der Waals surface area contributed by atoms with Gasteiger partial charge in [0.2, 0.25) is 0 Å². The average molecular weight is 434 g/mol. The van der Waals surface area contributed by atoms with E-state index in [0.717, 1.165) is 58.8 Å². The number of fused-ring (bicyclic) bond motifs is 1. The number of methoxy groups -OCH3 is 1. The molecule has 3 aromatic rings. The third-order valence-corrected chi connectivity index (χ3v) is 5.15. The fourth-order valence-electron chi connectivity index (χ4n) is 3.28. The van der Waals surface area contributed by atoms with E-state index in [2.05, 4.69) is 26.2 Å².